The summed E-state index contributed by atoms with van der Waals surface area (Å²) in [5.41, 5.74) is 10.3. The molecule has 1 aromatic carbocycles. The summed E-state index contributed by atoms with van der Waals surface area (Å²) in [5.74, 6) is 0.104. The van der Waals surface area contributed by atoms with Crippen LogP contribution in [0.4, 0.5) is 5.69 Å². The number of aryl methyl sites for hydroxylation is 1. The van der Waals surface area contributed by atoms with E-state index in [0.717, 1.165) is 12.1 Å². The lowest BCUT2D eigenvalue weighted by molar-refractivity contribution is -0.118. The van der Waals surface area contributed by atoms with E-state index in [9.17, 15) is 4.79 Å². The van der Waals surface area contributed by atoms with E-state index in [2.05, 4.69) is 10.0 Å². The molecule has 0 N–H and O–H groups in total. The summed E-state index contributed by atoms with van der Waals surface area (Å²) < 4.78 is 0. The lowest BCUT2D eigenvalue weighted by Gasteiger charge is -2.28. The Balaban J connectivity index is 2.22. The summed E-state index contributed by atoms with van der Waals surface area (Å²) in [5, 5.41) is 3.46. The van der Waals surface area contributed by atoms with Crippen LogP contribution in [0.15, 0.2) is 29.4 Å². The summed E-state index contributed by atoms with van der Waals surface area (Å²) >= 11 is 0. The molecular formula is C11H12N4O. The number of benzene rings is 1. The molecule has 1 aliphatic rings. The first-order valence-corrected chi connectivity index (χ1v) is 5.22. The van der Waals surface area contributed by atoms with Crippen molar-refractivity contribution in [1.29, 1.82) is 0 Å². The number of para-hydroxylation sites is 1. The second-order valence-electron chi connectivity index (χ2n) is 3.63. The van der Waals surface area contributed by atoms with Crippen molar-refractivity contribution in [2.75, 3.05) is 18.0 Å². The maximum absolute atomic E-state index is 11.7. The number of azide groups is 1. The van der Waals surface area contributed by atoms with Crippen LogP contribution in [0.1, 0.15) is 12.0 Å². The first kappa shape index (κ1) is 10.5. The van der Waals surface area contributed by atoms with E-state index >= 15 is 0 Å². The minimum atomic E-state index is 0.104. The van der Waals surface area contributed by atoms with Crippen LogP contribution in [0.25, 0.3) is 10.4 Å². The van der Waals surface area contributed by atoms with Gasteiger partial charge in [0.05, 0.1) is 0 Å². The van der Waals surface area contributed by atoms with Gasteiger partial charge >= 0.3 is 0 Å². The molecule has 0 unspecified atom stereocenters. The maximum atomic E-state index is 11.7. The van der Waals surface area contributed by atoms with Gasteiger partial charge in [0.2, 0.25) is 5.91 Å². The average molecular weight is 216 g/mol. The molecular weight excluding hydrogens is 204 g/mol. The molecule has 1 amide bonds. The van der Waals surface area contributed by atoms with E-state index in [1.807, 2.05) is 24.3 Å². The van der Waals surface area contributed by atoms with Gasteiger partial charge in [-0.05, 0) is 23.6 Å². The molecule has 2 rings (SSSR count). The van der Waals surface area contributed by atoms with E-state index in [1.165, 1.54) is 5.56 Å². The molecule has 0 saturated heterocycles. The Hall–Kier alpha value is -2.00. The Labute approximate surface area is 93.3 Å². The Bertz CT molecular complexity index is 451. The van der Waals surface area contributed by atoms with Crippen molar-refractivity contribution in [3.8, 4) is 0 Å². The number of amides is 1. The number of hydrogen-bond acceptors (Lipinski definition) is 2. The van der Waals surface area contributed by atoms with Gasteiger partial charge in [0.15, 0.2) is 0 Å². The molecule has 0 fully saturated rings. The molecule has 16 heavy (non-hydrogen) atoms. The molecule has 0 saturated carbocycles. The van der Waals surface area contributed by atoms with Gasteiger partial charge in [-0.25, -0.2) is 0 Å². The minimum Gasteiger partial charge on any atom is -0.312 e. The monoisotopic (exact) mass is 216 g/mol. The fraction of sp³-hybridized carbons (Fsp3) is 0.364. The quantitative estimate of drug-likeness (QED) is 0.434. The molecule has 0 aliphatic carbocycles. The Kier molecular flexibility index (Phi) is 3.08. The Morgan fingerprint density at radius 2 is 2.19 bits per heavy atom. The van der Waals surface area contributed by atoms with Crippen LogP contribution in [0.2, 0.25) is 0 Å². The van der Waals surface area contributed by atoms with Gasteiger partial charge in [0, 0.05) is 30.1 Å². The number of hydrogen-bond donors (Lipinski definition) is 0. The second kappa shape index (κ2) is 4.68. The van der Waals surface area contributed by atoms with Gasteiger partial charge in [-0.2, -0.15) is 0 Å². The standard InChI is InChI=1S/C11H12N4O/c12-14-13-7-8-15-10-4-2-1-3-9(10)5-6-11(15)16/h1-4H,5-8H2. The maximum Gasteiger partial charge on any atom is 0.227 e. The molecule has 1 aromatic rings. The third kappa shape index (κ3) is 1.99. The summed E-state index contributed by atoms with van der Waals surface area (Å²) in [7, 11) is 0. The third-order valence-electron chi connectivity index (χ3n) is 2.68. The van der Waals surface area contributed by atoms with Crippen LogP contribution in [-0.2, 0) is 11.2 Å². The van der Waals surface area contributed by atoms with Crippen LogP contribution < -0.4 is 4.90 Å². The van der Waals surface area contributed by atoms with Crippen molar-refractivity contribution in [2.24, 2.45) is 5.11 Å². The smallest absolute Gasteiger partial charge is 0.227 e. The molecule has 5 nitrogen and oxygen atoms in total. The molecule has 5 heteroatoms. The van der Waals surface area contributed by atoms with E-state index in [4.69, 9.17) is 5.53 Å². The van der Waals surface area contributed by atoms with Gasteiger partial charge in [-0.1, -0.05) is 23.3 Å². The van der Waals surface area contributed by atoms with Gasteiger partial charge in [-0.3, -0.25) is 4.79 Å². The second-order valence-corrected chi connectivity index (χ2v) is 3.63. The van der Waals surface area contributed by atoms with E-state index in [1.54, 1.807) is 4.90 Å². The van der Waals surface area contributed by atoms with E-state index in [-0.39, 0.29) is 5.91 Å². The zero-order chi connectivity index (χ0) is 11.4. The molecule has 82 valence electrons. The van der Waals surface area contributed by atoms with Crippen LogP contribution in [0.5, 0.6) is 0 Å². The minimum absolute atomic E-state index is 0.104. The van der Waals surface area contributed by atoms with Crippen molar-refractivity contribution in [3.63, 3.8) is 0 Å². The van der Waals surface area contributed by atoms with Crippen molar-refractivity contribution in [1.82, 2.24) is 0 Å². The number of anilines is 1. The van der Waals surface area contributed by atoms with Crippen molar-refractivity contribution in [3.05, 3.63) is 40.3 Å². The fourth-order valence-electron chi connectivity index (χ4n) is 1.93. The van der Waals surface area contributed by atoms with E-state index in [0.29, 0.717) is 19.5 Å². The Morgan fingerprint density at radius 1 is 1.38 bits per heavy atom. The first-order valence-electron chi connectivity index (χ1n) is 5.22. The first-order chi connectivity index (χ1) is 7.83. The highest BCUT2D eigenvalue weighted by Gasteiger charge is 2.22. The predicted octanol–water partition coefficient (Wildman–Crippen LogP) is 2.28. The molecule has 0 spiro atoms. The highest BCUT2D eigenvalue weighted by atomic mass is 16.2. The van der Waals surface area contributed by atoms with Crippen molar-refractivity contribution >= 4 is 11.6 Å². The predicted molar refractivity (Wildman–Crippen MR) is 61.1 cm³/mol. The average Bonchev–Trinajstić information content (AvgIpc) is 2.32. The normalized spacial score (nSPS) is 14.2. The Morgan fingerprint density at radius 3 is 3.00 bits per heavy atom. The summed E-state index contributed by atoms with van der Waals surface area (Å²) in [6.45, 7) is 0.774. The van der Waals surface area contributed by atoms with Crippen molar-refractivity contribution in [2.45, 2.75) is 12.8 Å². The summed E-state index contributed by atoms with van der Waals surface area (Å²) in [6, 6.07) is 7.85. The van der Waals surface area contributed by atoms with Crippen LogP contribution in [0, 0.1) is 0 Å². The van der Waals surface area contributed by atoms with Gasteiger partial charge < -0.3 is 4.90 Å². The van der Waals surface area contributed by atoms with Gasteiger partial charge in [0.25, 0.3) is 0 Å². The van der Waals surface area contributed by atoms with Crippen LogP contribution in [0.3, 0.4) is 0 Å². The van der Waals surface area contributed by atoms with E-state index < -0.39 is 0 Å². The van der Waals surface area contributed by atoms with Gasteiger partial charge in [-0.15, -0.1) is 0 Å². The highest BCUT2D eigenvalue weighted by Crippen LogP contribution is 2.26. The van der Waals surface area contributed by atoms with Crippen molar-refractivity contribution < 1.29 is 4.79 Å². The van der Waals surface area contributed by atoms with Crippen LogP contribution in [-0.4, -0.2) is 19.0 Å². The zero-order valence-corrected chi connectivity index (χ0v) is 8.83. The summed E-state index contributed by atoms with van der Waals surface area (Å²) in [6.07, 6.45) is 1.33. The molecule has 0 aromatic heterocycles. The van der Waals surface area contributed by atoms with Crippen LogP contribution >= 0.6 is 0 Å². The lowest BCUT2D eigenvalue weighted by Crippen LogP contribution is -2.36. The molecule has 0 radical (unpaired) electrons. The summed E-state index contributed by atoms with van der Waals surface area (Å²) in [4.78, 5) is 16.1. The number of fused-ring (bicyclic) bond motifs is 1. The third-order valence-corrected chi connectivity index (χ3v) is 2.68. The largest absolute Gasteiger partial charge is 0.312 e. The molecule has 0 bridgehead atoms. The van der Waals surface area contributed by atoms with Gasteiger partial charge in [0.1, 0.15) is 0 Å². The molecule has 0 atom stereocenters. The number of rotatable bonds is 3. The molecule has 1 heterocycles. The highest BCUT2D eigenvalue weighted by molar-refractivity contribution is 5.96. The number of carbonyl (C=O) groups excluding carboxylic acids is 1. The zero-order valence-electron chi connectivity index (χ0n) is 8.83. The lowest BCUT2D eigenvalue weighted by atomic mass is 10.0. The fourth-order valence-corrected chi connectivity index (χ4v) is 1.93. The number of nitrogens with zero attached hydrogens (tertiary/aromatic N) is 4. The topological polar surface area (TPSA) is 69.1 Å². The SMILES string of the molecule is [N-]=[N+]=NCCN1C(=O)CCc2ccccc21. The molecule has 1 aliphatic heterocycles. The number of carbonyl (C=O) groups is 1.